The minimum absolute atomic E-state index is 0. The monoisotopic (exact) mass is 465 g/mol. The molecule has 2 aromatic carbocycles. The van der Waals surface area contributed by atoms with Gasteiger partial charge >= 0.3 is 5.97 Å². The number of piperidine rings is 1. The van der Waals surface area contributed by atoms with E-state index in [0.717, 1.165) is 55.3 Å². The first-order chi connectivity index (χ1) is 14.5. The zero-order valence-electron chi connectivity index (χ0n) is 17.5. The van der Waals surface area contributed by atoms with Crippen molar-refractivity contribution in [3.63, 3.8) is 0 Å². The third-order valence-electron chi connectivity index (χ3n) is 6.28. The predicted molar refractivity (Wildman–Crippen MR) is 124 cm³/mol. The van der Waals surface area contributed by atoms with Gasteiger partial charge < -0.3 is 19.5 Å². The highest BCUT2D eigenvalue weighted by atomic mass is 35.5. The van der Waals surface area contributed by atoms with Gasteiger partial charge in [-0.3, -0.25) is 4.79 Å². The van der Waals surface area contributed by atoms with Gasteiger partial charge in [0.25, 0.3) is 0 Å². The summed E-state index contributed by atoms with van der Waals surface area (Å²) in [6, 6.07) is 14.2. The number of hydrogen-bond acceptors (Lipinski definition) is 4. The molecule has 4 rings (SSSR count). The quantitative estimate of drug-likeness (QED) is 0.557. The standard InChI is InChI=1S/C24H28ClNO4.ClH/c25-19-5-3-18(4-6-19)2-1-15-29-20-7-8-21-22(16-20)30-17-24(21)10-13-26(14-11-24)12-9-23(27)28;/h3-8,16H,1-2,9-15,17H2,(H,27,28);1H. The lowest BCUT2D eigenvalue weighted by molar-refractivity contribution is -0.137. The van der Waals surface area contributed by atoms with Crippen molar-refractivity contribution in [1.82, 2.24) is 4.90 Å². The molecule has 2 heterocycles. The molecule has 0 atom stereocenters. The van der Waals surface area contributed by atoms with Gasteiger partial charge in [0, 0.05) is 28.6 Å². The number of aliphatic carboxylic acids is 1. The van der Waals surface area contributed by atoms with Gasteiger partial charge in [-0.2, -0.15) is 0 Å². The van der Waals surface area contributed by atoms with Crippen LogP contribution in [0.25, 0.3) is 0 Å². The summed E-state index contributed by atoms with van der Waals surface area (Å²) in [6.07, 6.45) is 4.11. The minimum Gasteiger partial charge on any atom is -0.493 e. The number of carbonyl (C=O) groups is 1. The van der Waals surface area contributed by atoms with Crippen molar-refractivity contribution < 1.29 is 19.4 Å². The second-order valence-corrected chi connectivity index (χ2v) is 8.73. The number of halogens is 2. The molecular formula is C24H29Cl2NO4. The normalized spacial score (nSPS) is 16.9. The SMILES string of the molecule is Cl.O=C(O)CCN1CCC2(CC1)COc1cc(OCCCc3ccc(Cl)cc3)ccc12. The summed E-state index contributed by atoms with van der Waals surface area (Å²) in [7, 11) is 0. The van der Waals surface area contributed by atoms with Gasteiger partial charge in [-0.15, -0.1) is 12.4 Å². The molecule has 1 fully saturated rings. The highest BCUT2D eigenvalue weighted by Gasteiger charge is 2.43. The van der Waals surface area contributed by atoms with Crippen molar-refractivity contribution >= 4 is 30.0 Å². The molecule has 0 aromatic heterocycles. The number of benzene rings is 2. The number of carboxylic acids is 1. The molecule has 1 spiro atoms. The Kier molecular flexibility index (Phi) is 8.09. The predicted octanol–water partition coefficient (Wildman–Crippen LogP) is 4.97. The van der Waals surface area contributed by atoms with Crippen molar-refractivity contribution in [2.45, 2.75) is 37.5 Å². The molecule has 7 heteroatoms. The highest BCUT2D eigenvalue weighted by Crippen LogP contribution is 2.46. The van der Waals surface area contributed by atoms with E-state index in [4.69, 9.17) is 26.2 Å². The van der Waals surface area contributed by atoms with Gasteiger partial charge in [-0.25, -0.2) is 0 Å². The van der Waals surface area contributed by atoms with Crippen LogP contribution in [0.15, 0.2) is 42.5 Å². The van der Waals surface area contributed by atoms with Gasteiger partial charge in [-0.1, -0.05) is 29.8 Å². The van der Waals surface area contributed by atoms with Crippen LogP contribution < -0.4 is 9.47 Å². The van der Waals surface area contributed by atoms with Crippen LogP contribution in [0.2, 0.25) is 5.02 Å². The number of nitrogens with zero attached hydrogens (tertiary/aromatic N) is 1. The maximum atomic E-state index is 10.8. The van der Waals surface area contributed by atoms with Crippen molar-refractivity contribution in [3.8, 4) is 11.5 Å². The van der Waals surface area contributed by atoms with E-state index in [9.17, 15) is 4.79 Å². The molecule has 31 heavy (non-hydrogen) atoms. The number of carboxylic acid groups (broad SMARTS) is 1. The molecule has 0 saturated carbocycles. The minimum atomic E-state index is -0.731. The van der Waals surface area contributed by atoms with Crippen molar-refractivity contribution in [3.05, 3.63) is 58.6 Å². The van der Waals surface area contributed by atoms with E-state index in [1.165, 1.54) is 11.1 Å². The summed E-state index contributed by atoms with van der Waals surface area (Å²) in [4.78, 5) is 13.0. The van der Waals surface area contributed by atoms with E-state index in [2.05, 4.69) is 23.1 Å². The lowest BCUT2D eigenvalue weighted by atomic mass is 9.74. The molecule has 0 aliphatic carbocycles. The first-order valence-corrected chi connectivity index (χ1v) is 11.0. The van der Waals surface area contributed by atoms with E-state index in [1.54, 1.807) is 0 Å². The molecule has 2 aliphatic rings. The van der Waals surface area contributed by atoms with E-state index < -0.39 is 5.97 Å². The molecule has 2 aliphatic heterocycles. The molecule has 2 aromatic rings. The Balaban J connectivity index is 0.00000272. The average Bonchev–Trinajstić information content (AvgIpc) is 3.09. The summed E-state index contributed by atoms with van der Waals surface area (Å²) in [5.74, 6) is 1.05. The molecule has 0 unspecified atom stereocenters. The fraction of sp³-hybridized carbons (Fsp3) is 0.458. The van der Waals surface area contributed by atoms with Crippen LogP contribution in [0.4, 0.5) is 0 Å². The first-order valence-electron chi connectivity index (χ1n) is 10.6. The Bertz CT molecular complexity index is 880. The Labute approximate surface area is 194 Å². The van der Waals surface area contributed by atoms with Gasteiger partial charge in [0.2, 0.25) is 0 Å². The molecule has 1 N–H and O–H groups in total. The van der Waals surface area contributed by atoms with E-state index >= 15 is 0 Å². The number of aryl methyl sites for hydroxylation is 1. The Morgan fingerprint density at radius 1 is 1.16 bits per heavy atom. The molecule has 5 nitrogen and oxygen atoms in total. The second kappa shape index (κ2) is 10.6. The van der Waals surface area contributed by atoms with Gasteiger partial charge in [0.05, 0.1) is 19.6 Å². The van der Waals surface area contributed by atoms with Crippen LogP contribution in [0.1, 0.15) is 36.8 Å². The Hall–Kier alpha value is -1.95. The topological polar surface area (TPSA) is 59.0 Å². The van der Waals surface area contributed by atoms with Gasteiger partial charge in [-0.05, 0) is 62.5 Å². The maximum absolute atomic E-state index is 10.8. The molecular weight excluding hydrogens is 437 g/mol. The average molecular weight is 466 g/mol. The van der Waals surface area contributed by atoms with Gasteiger partial charge in [0.1, 0.15) is 11.5 Å². The third-order valence-corrected chi connectivity index (χ3v) is 6.53. The Morgan fingerprint density at radius 3 is 2.61 bits per heavy atom. The number of rotatable bonds is 8. The van der Waals surface area contributed by atoms with E-state index in [1.807, 2.05) is 24.3 Å². The molecule has 1 saturated heterocycles. The lowest BCUT2D eigenvalue weighted by Crippen LogP contribution is -2.44. The van der Waals surface area contributed by atoms with E-state index in [0.29, 0.717) is 19.8 Å². The fourth-order valence-corrected chi connectivity index (χ4v) is 4.56. The van der Waals surface area contributed by atoms with Crippen molar-refractivity contribution in [2.75, 3.05) is 32.8 Å². The molecule has 0 amide bonds. The molecule has 0 bridgehead atoms. The number of ether oxygens (including phenoxy) is 2. The molecule has 168 valence electrons. The largest absolute Gasteiger partial charge is 0.493 e. The lowest BCUT2D eigenvalue weighted by Gasteiger charge is -2.38. The van der Waals surface area contributed by atoms with Crippen LogP contribution in [-0.4, -0.2) is 48.8 Å². The zero-order valence-corrected chi connectivity index (χ0v) is 19.1. The van der Waals surface area contributed by atoms with E-state index in [-0.39, 0.29) is 24.2 Å². The second-order valence-electron chi connectivity index (χ2n) is 8.29. The summed E-state index contributed by atoms with van der Waals surface area (Å²) in [5, 5.41) is 9.65. The smallest absolute Gasteiger partial charge is 0.304 e. The Morgan fingerprint density at radius 2 is 1.90 bits per heavy atom. The van der Waals surface area contributed by atoms with Crippen LogP contribution in [0.3, 0.4) is 0 Å². The van der Waals surface area contributed by atoms with Crippen molar-refractivity contribution in [1.29, 1.82) is 0 Å². The summed E-state index contributed by atoms with van der Waals surface area (Å²) >= 11 is 5.93. The summed E-state index contributed by atoms with van der Waals surface area (Å²) in [5.41, 5.74) is 2.59. The summed E-state index contributed by atoms with van der Waals surface area (Å²) < 4.78 is 12.0. The van der Waals surface area contributed by atoms with Crippen LogP contribution in [-0.2, 0) is 16.6 Å². The third kappa shape index (κ3) is 5.85. The number of fused-ring (bicyclic) bond motifs is 2. The van der Waals surface area contributed by atoms with Crippen molar-refractivity contribution in [2.24, 2.45) is 0 Å². The van der Waals surface area contributed by atoms with Gasteiger partial charge in [0.15, 0.2) is 0 Å². The fourth-order valence-electron chi connectivity index (χ4n) is 4.43. The highest BCUT2D eigenvalue weighted by molar-refractivity contribution is 6.30. The van der Waals surface area contributed by atoms with Crippen LogP contribution >= 0.6 is 24.0 Å². The maximum Gasteiger partial charge on any atom is 0.304 e. The number of likely N-dealkylation sites (tertiary alicyclic amines) is 1. The molecule has 0 radical (unpaired) electrons. The first kappa shape index (κ1) is 23.7. The number of hydrogen-bond donors (Lipinski definition) is 1. The van der Waals surface area contributed by atoms with Crippen LogP contribution in [0, 0.1) is 0 Å². The zero-order chi connectivity index (χ0) is 21.0. The summed E-state index contributed by atoms with van der Waals surface area (Å²) in [6.45, 7) is 3.82. The van der Waals surface area contributed by atoms with Crippen LogP contribution in [0.5, 0.6) is 11.5 Å².